The number of carbonyl (C=O) groups excluding carboxylic acids is 2. The van der Waals surface area contributed by atoms with E-state index in [-0.39, 0.29) is 22.0 Å². The van der Waals surface area contributed by atoms with Crippen molar-refractivity contribution >= 4 is 34.9 Å². The number of ketones is 1. The van der Waals surface area contributed by atoms with Crippen LogP contribution in [-0.2, 0) is 17.8 Å². The second kappa shape index (κ2) is 9.67. The Labute approximate surface area is 205 Å². The van der Waals surface area contributed by atoms with Crippen LogP contribution in [0.15, 0.2) is 18.2 Å². The fraction of sp³-hybridized carbons (Fsp3) is 0.458. The molecule has 35 heavy (non-hydrogen) atoms. The van der Waals surface area contributed by atoms with Gasteiger partial charge in [-0.05, 0) is 57.6 Å². The van der Waals surface area contributed by atoms with Gasteiger partial charge in [-0.25, -0.2) is 8.78 Å². The molecule has 0 saturated heterocycles. The molecule has 4 N–H and O–H groups in total. The van der Waals surface area contributed by atoms with Crippen molar-refractivity contribution < 1.29 is 33.4 Å². The fourth-order valence-electron chi connectivity index (χ4n) is 4.96. The molecule has 2 heterocycles. The second-order valence-electron chi connectivity index (χ2n) is 9.41. The van der Waals surface area contributed by atoms with Gasteiger partial charge in [-0.15, -0.1) is 0 Å². The zero-order valence-corrected chi connectivity index (χ0v) is 19.8. The third kappa shape index (κ3) is 4.96. The standard InChI is InChI=1S/C24H26ClF2N3O5/c1-24(8-6-12(7-9-24)23(34)35)29-22(33)20(31)19-18(25)17(16-3-2-10-30(16)19)21(32)28-13-4-5-14(26)15(27)11-13/h4-5,11-12,22,29,33H,2-3,6-10H2,1H3,(H,28,32)(H,34,35)/t12-,22?,24+. The minimum atomic E-state index is -1.61. The number of halogens is 3. The minimum Gasteiger partial charge on any atom is -0.481 e. The van der Waals surface area contributed by atoms with Gasteiger partial charge < -0.3 is 20.1 Å². The highest BCUT2D eigenvalue weighted by Gasteiger charge is 2.39. The van der Waals surface area contributed by atoms with Crippen molar-refractivity contribution in [3.8, 4) is 0 Å². The SMILES string of the molecule is C[C@]1(NC(O)C(=O)c2c(Cl)c(C(=O)Nc3ccc(F)c(F)c3)c3n2CCC3)CC[C@@H](C(=O)O)CC1. The summed E-state index contributed by atoms with van der Waals surface area (Å²) in [6, 6.07) is 2.94. The van der Waals surface area contributed by atoms with E-state index in [2.05, 4.69) is 10.6 Å². The van der Waals surface area contributed by atoms with E-state index in [0.717, 1.165) is 12.1 Å². The molecule has 11 heteroatoms. The molecule has 8 nitrogen and oxygen atoms in total. The molecular formula is C24H26ClF2N3O5. The van der Waals surface area contributed by atoms with Crippen LogP contribution in [0.1, 0.15) is 65.6 Å². The molecule has 4 rings (SSSR count). The first-order valence-electron chi connectivity index (χ1n) is 11.4. The largest absolute Gasteiger partial charge is 0.481 e. The maximum Gasteiger partial charge on any atom is 0.306 e. The van der Waals surface area contributed by atoms with Gasteiger partial charge >= 0.3 is 5.97 Å². The van der Waals surface area contributed by atoms with Crippen molar-refractivity contribution in [3.05, 3.63) is 51.8 Å². The Balaban J connectivity index is 1.55. The number of nitrogens with zero attached hydrogens (tertiary/aromatic N) is 1. The summed E-state index contributed by atoms with van der Waals surface area (Å²) in [7, 11) is 0. The van der Waals surface area contributed by atoms with Crippen LogP contribution >= 0.6 is 11.6 Å². The van der Waals surface area contributed by atoms with E-state index in [9.17, 15) is 33.4 Å². The lowest BCUT2D eigenvalue weighted by molar-refractivity contribution is -0.143. The van der Waals surface area contributed by atoms with Crippen LogP contribution in [0.5, 0.6) is 0 Å². The van der Waals surface area contributed by atoms with E-state index in [1.807, 2.05) is 6.92 Å². The van der Waals surface area contributed by atoms with E-state index >= 15 is 0 Å². The average Bonchev–Trinajstić information content (AvgIpc) is 3.35. The number of aromatic nitrogens is 1. The summed E-state index contributed by atoms with van der Waals surface area (Å²) in [5.41, 5.74) is -0.0305. The molecule has 1 aliphatic carbocycles. The molecule has 188 valence electrons. The number of nitrogens with one attached hydrogen (secondary N) is 2. The van der Waals surface area contributed by atoms with Crippen molar-refractivity contribution in [1.82, 2.24) is 9.88 Å². The first-order chi connectivity index (χ1) is 16.5. The maximum atomic E-state index is 13.5. The fourth-order valence-corrected chi connectivity index (χ4v) is 5.35. The number of Topliss-reactive ketones (excluding diaryl/α,β-unsaturated/α-hetero) is 1. The average molecular weight is 510 g/mol. The number of aliphatic hydroxyl groups excluding tert-OH is 1. The van der Waals surface area contributed by atoms with E-state index < -0.39 is 47.0 Å². The van der Waals surface area contributed by atoms with Gasteiger partial charge in [-0.3, -0.25) is 19.7 Å². The van der Waals surface area contributed by atoms with Crippen molar-refractivity contribution in [2.45, 2.75) is 63.8 Å². The van der Waals surface area contributed by atoms with Crippen LogP contribution < -0.4 is 10.6 Å². The molecule has 2 aliphatic rings. The summed E-state index contributed by atoms with van der Waals surface area (Å²) in [6.07, 6.45) is 1.32. The van der Waals surface area contributed by atoms with Gasteiger partial charge in [0.25, 0.3) is 5.91 Å². The third-order valence-electron chi connectivity index (χ3n) is 6.92. The van der Waals surface area contributed by atoms with Gasteiger partial charge in [0.15, 0.2) is 17.9 Å². The van der Waals surface area contributed by atoms with Crippen LogP contribution in [0.2, 0.25) is 5.02 Å². The molecule has 2 aromatic rings. The molecular weight excluding hydrogens is 484 g/mol. The smallest absolute Gasteiger partial charge is 0.306 e. The van der Waals surface area contributed by atoms with Crippen molar-refractivity contribution in [2.24, 2.45) is 5.92 Å². The Morgan fingerprint density at radius 3 is 2.51 bits per heavy atom. The van der Waals surface area contributed by atoms with Gasteiger partial charge in [-0.1, -0.05) is 11.6 Å². The predicted molar refractivity (Wildman–Crippen MR) is 124 cm³/mol. The lowest BCUT2D eigenvalue weighted by Crippen LogP contribution is -2.53. The van der Waals surface area contributed by atoms with E-state index in [1.54, 1.807) is 4.57 Å². The molecule has 1 aromatic carbocycles. The van der Waals surface area contributed by atoms with Crippen LogP contribution in [0.25, 0.3) is 0 Å². The number of aliphatic carboxylic acids is 1. The number of amides is 1. The number of carboxylic acids is 1. The second-order valence-corrected chi connectivity index (χ2v) is 9.78. The van der Waals surface area contributed by atoms with E-state index in [4.69, 9.17) is 11.6 Å². The Kier molecular flexibility index (Phi) is 6.99. The highest BCUT2D eigenvalue weighted by atomic mass is 35.5. The number of carboxylic acid groups (broad SMARTS) is 1. The quantitative estimate of drug-likeness (QED) is 0.333. The summed E-state index contributed by atoms with van der Waals surface area (Å²) >= 11 is 6.49. The minimum absolute atomic E-state index is 0.00238. The molecule has 1 fully saturated rings. The number of fused-ring (bicyclic) bond motifs is 1. The molecule has 1 saturated carbocycles. The van der Waals surface area contributed by atoms with E-state index in [1.165, 1.54) is 6.07 Å². The lowest BCUT2D eigenvalue weighted by Gasteiger charge is -2.38. The van der Waals surface area contributed by atoms with Gasteiger partial charge in [0.2, 0.25) is 5.78 Å². The summed E-state index contributed by atoms with van der Waals surface area (Å²) in [4.78, 5) is 37.5. The zero-order chi connectivity index (χ0) is 25.5. The number of rotatable bonds is 7. The summed E-state index contributed by atoms with van der Waals surface area (Å²) in [6.45, 7) is 2.26. The molecule has 1 aliphatic heterocycles. The van der Waals surface area contributed by atoms with Crippen molar-refractivity contribution in [1.29, 1.82) is 0 Å². The van der Waals surface area contributed by atoms with Crippen LogP contribution in [0.3, 0.4) is 0 Å². The van der Waals surface area contributed by atoms with Crippen LogP contribution in [0.4, 0.5) is 14.5 Å². The Bertz CT molecular complexity index is 1190. The number of aliphatic hydroxyl groups is 1. The Morgan fingerprint density at radius 1 is 1.20 bits per heavy atom. The number of benzene rings is 1. The van der Waals surface area contributed by atoms with Crippen molar-refractivity contribution in [2.75, 3.05) is 5.32 Å². The Hall–Kier alpha value is -2.82. The number of hydrogen-bond acceptors (Lipinski definition) is 5. The van der Waals surface area contributed by atoms with Gasteiger partial charge in [0.1, 0.15) is 5.69 Å². The summed E-state index contributed by atoms with van der Waals surface area (Å²) in [5.74, 6) is -4.85. The maximum absolute atomic E-state index is 13.5. The molecule has 0 spiro atoms. The number of hydrogen-bond donors (Lipinski definition) is 4. The highest BCUT2D eigenvalue weighted by Crippen LogP contribution is 2.36. The number of anilines is 1. The monoisotopic (exact) mass is 509 g/mol. The van der Waals surface area contributed by atoms with Gasteiger partial charge in [-0.2, -0.15) is 0 Å². The van der Waals surface area contributed by atoms with E-state index in [0.29, 0.717) is 50.8 Å². The predicted octanol–water partition coefficient (Wildman–Crippen LogP) is 3.74. The van der Waals surface area contributed by atoms with Crippen LogP contribution in [-0.4, -0.2) is 44.2 Å². The summed E-state index contributed by atoms with van der Waals surface area (Å²) in [5, 5.41) is 25.2. The van der Waals surface area contributed by atoms with Crippen molar-refractivity contribution in [3.63, 3.8) is 0 Å². The molecule has 1 aromatic heterocycles. The first-order valence-corrected chi connectivity index (χ1v) is 11.8. The topological polar surface area (TPSA) is 121 Å². The first kappa shape index (κ1) is 25.3. The molecule has 1 atom stereocenters. The molecule has 0 bridgehead atoms. The van der Waals surface area contributed by atoms with Gasteiger partial charge in [0.05, 0.1) is 16.5 Å². The molecule has 0 radical (unpaired) electrons. The van der Waals surface area contributed by atoms with Crippen LogP contribution in [0, 0.1) is 17.6 Å². The third-order valence-corrected chi connectivity index (χ3v) is 7.28. The zero-order valence-electron chi connectivity index (χ0n) is 19.0. The summed E-state index contributed by atoms with van der Waals surface area (Å²) < 4.78 is 28.4. The van der Waals surface area contributed by atoms with Gasteiger partial charge in [0, 0.05) is 29.5 Å². The normalized spacial score (nSPS) is 22.5. The lowest BCUT2D eigenvalue weighted by atomic mass is 9.77. The number of carbonyl (C=O) groups is 3. The highest BCUT2D eigenvalue weighted by molar-refractivity contribution is 6.38. The molecule has 1 unspecified atom stereocenters. The molecule has 1 amide bonds. The Morgan fingerprint density at radius 2 is 1.89 bits per heavy atom.